The second kappa shape index (κ2) is 6.15. The van der Waals surface area contributed by atoms with Gasteiger partial charge in [-0.25, -0.2) is 4.39 Å². The largest absolute Gasteiger partial charge is 0.481 e. The Hall–Kier alpha value is -1.42. The zero-order chi connectivity index (χ0) is 13.8. The average Bonchev–Trinajstić information content (AvgIpc) is 2.38. The van der Waals surface area contributed by atoms with Gasteiger partial charge in [0.25, 0.3) is 0 Å². The quantitative estimate of drug-likeness (QED) is 0.909. The molecule has 1 aliphatic carbocycles. The van der Waals surface area contributed by atoms with Crippen LogP contribution in [0.1, 0.15) is 36.8 Å². The molecule has 0 unspecified atom stereocenters. The summed E-state index contributed by atoms with van der Waals surface area (Å²) in [4.78, 5) is 10.8. The van der Waals surface area contributed by atoms with Gasteiger partial charge in [0, 0.05) is 0 Å². The number of carbonyl (C=O) groups is 1. The maximum atomic E-state index is 13.0. The first-order valence-corrected chi connectivity index (χ1v) is 6.65. The van der Waals surface area contributed by atoms with E-state index in [2.05, 4.69) is 0 Å². The zero-order valence-electron chi connectivity index (χ0n) is 11.1. The molecular formula is C15H19FO3. The Kier molecular flexibility index (Phi) is 4.53. The van der Waals surface area contributed by atoms with Crippen LogP contribution >= 0.6 is 0 Å². The minimum atomic E-state index is -0.701. The predicted molar refractivity (Wildman–Crippen MR) is 69.3 cm³/mol. The highest BCUT2D eigenvalue weighted by molar-refractivity contribution is 5.70. The summed E-state index contributed by atoms with van der Waals surface area (Å²) in [6, 6.07) is 4.68. The molecule has 1 N–H and O–H groups in total. The number of halogens is 1. The van der Waals surface area contributed by atoms with E-state index >= 15 is 0 Å². The Morgan fingerprint density at radius 3 is 2.63 bits per heavy atom. The molecule has 1 aromatic rings. The summed E-state index contributed by atoms with van der Waals surface area (Å²) in [5.74, 6) is -1.15. The number of ether oxygens (including phenoxy) is 1. The van der Waals surface area contributed by atoms with Crippen LogP contribution in [0, 0.1) is 18.7 Å². The molecule has 0 radical (unpaired) electrons. The monoisotopic (exact) mass is 266 g/mol. The van der Waals surface area contributed by atoms with Crippen LogP contribution in [-0.2, 0) is 16.1 Å². The number of carboxylic acids is 1. The number of rotatable bonds is 4. The van der Waals surface area contributed by atoms with Crippen LogP contribution in [0.3, 0.4) is 0 Å². The molecule has 1 aliphatic rings. The van der Waals surface area contributed by atoms with Crippen LogP contribution in [0.5, 0.6) is 0 Å². The fraction of sp³-hybridized carbons (Fsp3) is 0.533. The van der Waals surface area contributed by atoms with E-state index in [4.69, 9.17) is 9.84 Å². The summed E-state index contributed by atoms with van der Waals surface area (Å²) in [5.41, 5.74) is 1.88. The molecule has 0 atom stereocenters. The summed E-state index contributed by atoms with van der Waals surface area (Å²) in [7, 11) is 0. The maximum Gasteiger partial charge on any atom is 0.306 e. The third kappa shape index (κ3) is 3.77. The summed E-state index contributed by atoms with van der Waals surface area (Å²) < 4.78 is 18.8. The number of benzene rings is 1. The molecule has 104 valence electrons. The van der Waals surface area contributed by atoms with Crippen molar-refractivity contribution in [3.63, 3.8) is 0 Å². The Balaban J connectivity index is 1.82. The van der Waals surface area contributed by atoms with E-state index in [1.165, 1.54) is 12.1 Å². The van der Waals surface area contributed by atoms with Crippen molar-refractivity contribution in [2.24, 2.45) is 5.92 Å². The molecule has 0 spiro atoms. The first-order chi connectivity index (χ1) is 9.06. The predicted octanol–water partition coefficient (Wildman–Crippen LogP) is 3.29. The van der Waals surface area contributed by atoms with Crippen molar-refractivity contribution in [2.45, 2.75) is 45.3 Å². The van der Waals surface area contributed by atoms with Crippen molar-refractivity contribution < 1.29 is 19.0 Å². The molecule has 0 amide bonds. The molecule has 3 nitrogen and oxygen atoms in total. The summed E-state index contributed by atoms with van der Waals surface area (Å²) in [5, 5.41) is 8.92. The zero-order valence-corrected chi connectivity index (χ0v) is 11.1. The van der Waals surface area contributed by atoms with Crippen molar-refractivity contribution in [2.75, 3.05) is 0 Å². The minimum absolute atomic E-state index is 0.125. The lowest BCUT2D eigenvalue weighted by Crippen LogP contribution is -2.26. The van der Waals surface area contributed by atoms with Crippen molar-refractivity contribution in [3.8, 4) is 0 Å². The van der Waals surface area contributed by atoms with Gasteiger partial charge in [0.1, 0.15) is 5.82 Å². The summed E-state index contributed by atoms with van der Waals surface area (Å²) in [6.45, 7) is 2.33. The van der Waals surface area contributed by atoms with Gasteiger partial charge in [-0.05, 0) is 55.9 Å². The summed E-state index contributed by atoms with van der Waals surface area (Å²) in [6.07, 6.45) is 3.07. The van der Waals surface area contributed by atoms with E-state index in [0.717, 1.165) is 24.0 Å². The number of hydrogen-bond donors (Lipinski definition) is 1. The van der Waals surface area contributed by atoms with Gasteiger partial charge >= 0.3 is 5.97 Å². The Morgan fingerprint density at radius 2 is 2.05 bits per heavy atom. The number of aliphatic carboxylic acids is 1. The molecule has 19 heavy (non-hydrogen) atoms. The van der Waals surface area contributed by atoms with E-state index in [1.807, 2.05) is 6.92 Å². The van der Waals surface area contributed by atoms with E-state index in [9.17, 15) is 9.18 Å². The molecule has 4 heteroatoms. The van der Waals surface area contributed by atoms with E-state index in [-0.39, 0.29) is 17.8 Å². The highest BCUT2D eigenvalue weighted by atomic mass is 19.1. The standard InChI is InChI=1S/C15H19FO3/c1-10-8-13(16)5-2-12(10)9-19-14-6-3-11(4-7-14)15(17)18/h2,5,8,11,14H,3-4,6-7,9H2,1H3,(H,17,18). The van der Waals surface area contributed by atoms with Crippen molar-refractivity contribution in [1.29, 1.82) is 0 Å². The van der Waals surface area contributed by atoms with Gasteiger partial charge in [-0.15, -0.1) is 0 Å². The number of hydrogen-bond acceptors (Lipinski definition) is 2. The molecule has 2 rings (SSSR count). The first kappa shape index (κ1) is 14.0. The first-order valence-electron chi connectivity index (χ1n) is 6.65. The van der Waals surface area contributed by atoms with Gasteiger partial charge in [-0.2, -0.15) is 0 Å². The molecule has 0 saturated heterocycles. The topological polar surface area (TPSA) is 46.5 Å². The fourth-order valence-corrected chi connectivity index (χ4v) is 2.51. The Bertz CT molecular complexity index is 451. The molecule has 0 aliphatic heterocycles. The van der Waals surface area contributed by atoms with Crippen LogP contribution in [0.2, 0.25) is 0 Å². The smallest absolute Gasteiger partial charge is 0.306 e. The van der Waals surface area contributed by atoms with Crippen molar-refractivity contribution in [3.05, 3.63) is 35.1 Å². The van der Waals surface area contributed by atoms with Crippen molar-refractivity contribution in [1.82, 2.24) is 0 Å². The number of carboxylic acid groups (broad SMARTS) is 1. The normalized spacial score (nSPS) is 23.3. The molecule has 1 fully saturated rings. The third-order valence-electron chi connectivity index (χ3n) is 3.80. The van der Waals surface area contributed by atoms with Crippen LogP contribution in [0.15, 0.2) is 18.2 Å². The maximum absolute atomic E-state index is 13.0. The third-order valence-corrected chi connectivity index (χ3v) is 3.80. The van der Waals surface area contributed by atoms with Crippen molar-refractivity contribution >= 4 is 5.97 Å². The van der Waals surface area contributed by atoms with Gasteiger partial charge in [0.05, 0.1) is 18.6 Å². The fourth-order valence-electron chi connectivity index (χ4n) is 2.51. The molecule has 0 bridgehead atoms. The molecular weight excluding hydrogens is 247 g/mol. The van der Waals surface area contributed by atoms with Crippen LogP contribution < -0.4 is 0 Å². The Labute approximate surface area is 112 Å². The molecule has 0 heterocycles. The summed E-state index contributed by atoms with van der Waals surface area (Å²) >= 11 is 0. The van der Waals surface area contributed by atoms with E-state index in [0.29, 0.717) is 19.4 Å². The van der Waals surface area contributed by atoms with E-state index < -0.39 is 5.97 Å². The van der Waals surface area contributed by atoms with Gasteiger partial charge in [0.2, 0.25) is 0 Å². The lowest BCUT2D eigenvalue weighted by Gasteiger charge is -2.26. The highest BCUT2D eigenvalue weighted by Crippen LogP contribution is 2.27. The van der Waals surface area contributed by atoms with Gasteiger partial charge in [0.15, 0.2) is 0 Å². The Morgan fingerprint density at radius 1 is 1.37 bits per heavy atom. The number of aryl methyl sites for hydroxylation is 1. The van der Waals surface area contributed by atoms with Gasteiger partial charge in [-0.3, -0.25) is 4.79 Å². The second-order valence-corrected chi connectivity index (χ2v) is 5.19. The second-order valence-electron chi connectivity index (χ2n) is 5.19. The lowest BCUT2D eigenvalue weighted by atomic mass is 9.87. The van der Waals surface area contributed by atoms with Gasteiger partial charge in [-0.1, -0.05) is 6.07 Å². The molecule has 0 aromatic heterocycles. The minimum Gasteiger partial charge on any atom is -0.481 e. The van der Waals surface area contributed by atoms with E-state index in [1.54, 1.807) is 6.07 Å². The van der Waals surface area contributed by atoms with Crippen LogP contribution in [-0.4, -0.2) is 17.2 Å². The molecule has 1 saturated carbocycles. The van der Waals surface area contributed by atoms with Crippen LogP contribution in [0.4, 0.5) is 4.39 Å². The SMILES string of the molecule is Cc1cc(F)ccc1COC1CCC(C(=O)O)CC1. The highest BCUT2D eigenvalue weighted by Gasteiger charge is 2.26. The average molecular weight is 266 g/mol. The van der Waals surface area contributed by atoms with Gasteiger partial charge < -0.3 is 9.84 Å². The molecule has 1 aromatic carbocycles. The lowest BCUT2D eigenvalue weighted by molar-refractivity contribution is -0.143. The van der Waals surface area contributed by atoms with Crippen LogP contribution in [0.25, 0.3) is 0 Å².